The fourth-order valence-electron chi connectivity index (χ4n) is 3.76. The lowest BCUT2D eigenvalue weighted by molar-refractivity contribution is -0.114. The minimum Gasteiger partial charge on any atom is -0.326 e. The van der Waals surface area contributed by atoms with Crippen molar-refractivity contribution >= 4 is 57.5 Å². The SMILES string of the molecule is CC(=O)Nc1ccc(NC(=O)CSc2nc3cc(Cl)ccc3c3c2CCCC3)cc1. The molecule has 5 nitrogen and oxygen atoms in total. The summed E-state index contributed by atoms with van der Waals surface area (Å²) in [6.45, 7) is 1.46. The number of rotatable bonds is 5. The summed E-state index contributed by atoms with van der Waals surface area (Å²) in [7, 11) is 0. The second-order valence-electron chi connectivity index (χ2n) is 7.34. The van der Waals surface area contributed by atoms with Crippen molar-refractivity contribution < 1.29 is 9.59 Å². The van der Waals surface area contributed by atoms with E-state index in [2.05, 4.69) is 16.7 Å². The Morgan fingerprint density at radius 2 is 1.67 bits per heavy atom. The van der Waals surface area contributed by atoms with Gasteiger partial charge in [0.25, 0.3) is 0 Å². The molecule has 0 radical (unpaired) electrons. The normalized spacial score (nSPS) is 13.0. The zero-order valence-electron chi connectivity index (χ0n) is 16.6. The van der Waals surface area contributed by atoms with E-state index >= 15 is 0 Å². The van der Waals surface area contributed by atoms with Crippen LogP contribution in [0.1, 0.15) is 30.9 Å². The molecule has 0 atom stereocenters. The summed E-state index contributed by atoms with van der Waals surface area (Å²) >= 11 is 7.65. The van der Waals surface area contributed by atoms with Gasteiger partial charge in [-0.05, 0) is 73.2 Å². The van der Waals surface area contributed by atoms with E-state index in [1.54, 1.807) is 24.3 Å². The van der Waals surface area contributed by atoms with Gasteiger partial charge in [0.05, 0.1) is 11.3 Å². The molecule has 3 aromatic rings. The molecule has 0 unspecified atom stereocenters. The number of fused-ring (bicyclic) bond motifs is 3. The maximum Gasteiger partial charge on any atom is 0.234 e. The summed E-state index contributed by atoms with van der Waals surface area (Å²) in [5.41, 5.74) is 4.89. The monoisotopic (exact) mass is 439 g/mol. The molecular weight excluding hydrogens is 418 g/mol. The standard InChI is InChI=1S/C23H22ClN3O2S/c1-14(28)25-16-7-9-17(10-8-16)26-22(29)13-30-23-20-5-3-2-4-18(20)19-11-6-15(24)12-21(19)27-23/h6-12H,2-5,13H2,1H3,(H,25,28)(H,26,29). The van der Waals surface area contributed by atoms with Crippen LogP contribution in [0.2, 0.25) is 5.02 Å². The highest BCUT2D eigenvalue weighted by Crippen LogP contribution is 2.35. The van der Waals surface area contributed by atoms with Crippen LogP contribution in [0, 0.1) is 0 Å². The van der Waals surface area contributed by atoms with Crippen LogP contribution in [0.25, 0.3) is 10.9 Å². The molecule has 1 heterocycles. The molecule has 0 bridgehead atoms. The Morgan fingerprint density at radius 1 is 1.00 bits per heavy atom. The average Bonchev–Trinajstić information content (AvgIpc) is 2.73. The molecule has 2 amide bonds. The number of anilines is 2. The minimum atomic E-state index is -0.129. The van der Waals surface area contributed by atoms with E-state index in [4.69, 9.17) is 16.6 Å². The number of hydrogen-bond donors (Lipinski definition) is 2. The van der Waals surface area contributed by atoms with Crippen molar-refractivity contribution in [2.75, 3.05) is 16.4 Å². The first-order valence-electron chi connectivity index (χ1n) is 9.91. The van der Waals surface area contributed by atoms with Crippen molar-refractivity contribution in [1.29, 1.82) is 0 Å². The van der Waals surface area contributed by atoms with E-state index in [0.717, 1.165) is 29.8 Å². The summed E-state index contributed by atoms with van der Waals surface area (Å²) in [6, 6.07) is 12.9. The summed E-state index contributed by atoms with van der Waals surface area (Å²) in [5, 5.41) is 8.37. The lowest BCUT2D eigenvalue weighted by atomic mass is 9.90. The van der Waals surface area contributed by atoms with Gasteiger partial charge < -0.3 is 10.6 Å². The number of carbonyl (C=O) groups is 2. The lowest BCUT2D eigenvalue weighted by Gasteiger charge is -2.21. The summed E-state index contributed by atoms with van der Waals surface area (Å²) in [6.07, 6.45) is 4.36. The molecule has 0 spiro atoms. The Balaban J connectivity index is 1.48. The van der Waals surface area contributed by atoms with Crippen molar-refractivity contribution in [3.63, 3.8) is 0 Å². The molecule has 2 aromatic carbocycles. The van der Waals surface area contributed by atoms with Crippen LogP contribution in [0.3, 0.4) is 0 Å². The van der Waals surface area contributed by atoms with Gasteiger partial charge in [-0.15, -0.1) is 0 Å². The number of benzene rings is 2. The second-order valence-corrected chi connectivity index (χ2v) is 8.74. The average molecular weight is 440 g/mol. The molecule has 0 fully saturated rings. The van der Waals surface area contributed by atoms with Gasteiger partial charge in [0.1, 0.15) is 5.03 Å². The highest BCUT2D eigenvalue weighted by atomic mass is 35.5. The van der Waals surface area contributed by atoms with Gasteiger partial charge in [0.2, 0.25) is 11.8 Å². The van der Waals surface area contributed by atoms with E-state index in [0.29, 0.717) is 16.4 Å². The zero-order chi connectivity index (χ0) is 21.1. The fraction of sp³-hybridized carbons (Fsp3) is 0.261. The Hall–Kier alpha value is -2.57. The van der Waals surface area contributed by atoms with Crippen molar-refractivity contribution in [3.05, 3.63) is 58.6 Å². The number of amides is 2. The van der Waals surface area contributed by atoms with Crippen molar-refractivity contribution in [2.45, 2.75) is 37.6 Å². The van der Waals surface area contributed by atoms with E-state index < -0.39 is 0 Å². The third-order valence-corrected chi connectivity index (χ3v) is 6.31. The first-order valence-corrected chi connectivity index (χ1v) is 11.3. The van der Waals surface area contributed by atoms with Crippen LogP contribution in [0.15, 0.2) is 47.5 Å². The van der Waals surface area contributed by atoms with Gasteiger partial charge in [-0.3, -0.25) is 9.59 Å². The van der Waals surface area contributed by atoms with Crippen LogP contribution in [-0.4, -0.2) is 22.6 Å². The molecule has 7 heteroatoms. The van der Waals surface area contributed by atoms with Gasteiger partial charge in [0, 0.05) is 28.7 Å². The highest BCUT2D eigenvalue weighted by Gasteiger charge is 2.19. The number of pyridine rings is 1. The van der Waals surface area contributed by atoms with Crippen LogP contribution < -0.4 is 10.6 Å². The van der Waals surface area contributed by atoms with Crippen LogP contribution in [0.4, 0.5) is 11.4 Å². The topological polar surface area (TPSA) is 71.1 Å². The molecular formula is C23H22ClN3O2S. The number of aromatic nitrogens is 1. The molecule has 1 aliphatic rings. The first kappa shape index (κ1) is 20.7. The van der Waals surface area contributed by atoms with Crippen LogP contribution >= 0.6 is 23.4 Å². The summed E-state index contributed by atoms with van der Waals surface area (Å²) < 4.78 is 0. The van der Waals surface area contributed by atoms with Crippen LogP contribution in [-0.2, 0) is 22.4 Å². The second kappa shape index (κ2) is 9.06. The molecule has 1 aliphatic carbocycles. The number of hydrogen-bond acceptors (Lipinski definition) is 4. The Kier molecular flexibility index (Phi) is 6.25. The molecule has 2 N–H and O–H groups in total. The smallest absolute Gasteiger partial charge is 0.234 e. The number of aryl methyl sites for hydroxylation is 1. The molecule has 4 rings (SSSR count). The van der Waals surface area contributed by atoms with Gasteiger partial charge in [-0.1, -0.05) is 29.4 Å². The van der Waals surface area contributed by atoms with Crippen molar-refractivity contribution in [3.8, 4) is 0 Å². The number of thioether (sulfide) groups is 1. The summed E-state index contributed by atoms with van der Waals surface area (Å²) in [5.74, 6) is 0.0550. The largest absolute Gasteiger partial charge is 0.326 e. The van der Waals surface area contributed by atoms with E-state index in [9.17, 15) is 9.59 Å². The maximum absolute atomic E-state index is 12.5. The fourth-order valence-corrected chi connectivity index (χ4v) is 4.83. The molecule has 30 heavy (non-hydrogen) atoms. The third-order valence-electron chi connectivity index (χ3n) is 5.06. The number of nitrogens with one attached hydrogen (secondary N) is 2. The predicted octanol–water partition coefficient (Wildman–Crippen LogP) is 5.46. The van der Waals surface area contributed by atoms with Gasteiger partial charge in [-0.2, -0.15) is 0 Å². The van der Waals surface area contributed by atoms with Gasteiger partial charge in [-0.25, -0.2) is 4.98 Å². The van der Waals surface area contributed by atoms with Crippen molar-refractivity contribution in [2.24, 2.45) is 0 Å². The van der Waals surface area contributed by atoms with Crippen molar-refractivity contribution in [1.82, 2.24) is 4.98 Å². The van der Waals surface area contributed by atoms with E-state index in [-0.39, 0.29) is 17.6 Å². The first-order chi connectivity index (χ1) is 14.5. The van der Waals surface area contributed by atoms with Gasteiger partial charge in [0.15, 0.2) is 0 Å². The number of nitrogens with zero attached hydrogens (tertiary/aromatic N) is 1. The zero-order valence-corrected chi connectivity index (χ0v) is 18.2. The Bertz CT molecular complexity index is 1120. The van der Waals surface area contributed by atoms with E-state index in [1.807, 2.05) is 12.1 Å². The molecule has 0 saturated heterocycles. The number of halogens is 1. The maximum atomic E-state index is 12.5. The summed E-state index contributed by atoms with van der Waals surface area (Å²) in [4.78, 5) is 28.4. The molecule has 0 saturated carbocycles. The quantitative estimate of drug-likeness (QED) is 0.518. The lowest BCUT2D eigenvalue weighted by Crippen LogP contribution is -2.15. The van der Waals surface area contributed by atoms with Gasteiger partial charge >= 0.3 is 0 Å². The van der Waals surface area contributed by atoms with Crippen LogP contribution in [0.5, 0.6) is 0 Å². The van der Waals surface area contributed by atoms with E-state index in [1.165, 1.54) is 41.6 Å². The minimum absolute atomic E-state index is 0.0928. The molecule has 0 aliphatic heterocycles. The number of carbonyl (C=O) groups excluding carboxylic acids is 2. The highest BCUT2D eigenvalue weighted by molar-refractivity contribution is 8.00. The third kappa shape index (κ3) is 4.77. The molecule has 154 valence electrons. The Morgan fingerprint density at radius 3 is 2.37 bits per heavy atom. The molecule has 1 aromatic heterocycles. The Labute approximate surface area is 184 Å². The predicted molar refractivity (Wildman–Crippen MR) is 123 cm³/mol.